The van der Waals surface area contributed by atoms with Crippen molar-refractivity contribution >= 4 is 11.9 Å². The SMILES string of the molecule is Cn1ccnc1NC(=O)c1cc(C(C)(C)C)c(O)c(C(C)(C)C)c1. The maximum Gasteiger partial charge on any atom is 0.257 e. The molecule has 0 spiro atoms. The van der Waals surface area contributed by atoms with Gasteiger partial charge in [0.1, 0.15) is 5.75 Å². The molecule has 0 aliphatic rings. The first-order valence-electron chi connectivity index (χ1n) is 8.08. The Balaban J connectivity index is 2.54. The summed E-state index contributed by atoms with van der Waals surface area (Å²) in [4.78, 5) is 16.8. The molecule has 0 saturated heterocycles. The van der Waals surface area contributed by atoms with Crippen LogP contribution in [0.4, 0.5) is 5.95 Å². The number of aromatic hydroxyl groups is 1. The first-order valence-corrected chi connectivity index (χ1v) is 8.08. The number of phenolic OH excluding ortho intramolecular Hbond substituents is 1. The van der Waals surface area contributed by atoms with Crippen LogP contribution in [-0.2, 0) is 17.9 Å². The van der Waals surface area contributed by atoms with Crippen molar-refractivity contribution in [2.75, 3.05) is 5.32 Å². The molecule has 1 heterocycles. The third-order valence-corrected chi connectivity index (χ3v) is 4.03. The Morgan fingerprint density at radius 1 is 1.08 bits per heavy atom. The van der Waals surface area contributed by atoms with Crippen LogP contribution in [-0.4, -0.2) is 20.6 Å². The molecule has 130 valence electrons. The lowest BCUT2D eigenvalue weighted by Crippen LogP contribution is -2.21. The van der Waals surface area contributed by atoms with Crippen molar-refractivity contribution < 1.29 is 9.90 Å². The Hall–Kier alpha value is -2.30. The van der Waals surface area contributed by atoms with Gasteiger partial charge in [-0.15, -0.1) is 0 Å². The van der Waals surface area contributed by atoms with E-state index in [0.717, 1.165) is 11.1 Å². The fourth-order valence-corrected chi connectivity index (χ4v) is 2.57. The van der Waals surface area contributed by atoms with Crippen LogP contribution < -0.4 is 5.32 Å². The van der Waals surface area contributed by atoms with E-state index in [1.54, 1.807) is 29.1 Å². The van der Waals surface area contributed by atoms with Gasteiger partial charge in [0.05, 0.1) is 0 Å². The van der Waals surface area contributed by atoms with Gasteiger partial charge >= 0.3 is 0 Å². The summed E-state index contributed by atoms with van der Waals surface area (Å²) < 4.78 is 1.74. The predicted octanol–water partition coefficient (Wildman–Crippen LogP) is 3.97. The molecule has 0 saturated carbocycles. The molecule has 0 unspecified atom stereocenters. The minimum Gasteiger partial charge on any atom is -0.507 e. The van der Waals surface area contributed by atoms with Gasteiger partial charge < -0.3 is 9.67 Å². The molecular formula is C19H27N3O2. The molecule has 1 aromatic heterocycles. The Morgan fingerprint density at radius 2 is 1.58 bits per heavy atom. The lowest BCUT2D eigenvalue weighted by atomic mass is 9.78. The van der Waals surface area contributed by atoms with Gasteiger partial charge in [0.15, 0.2) is 0 Å². The van der Waals surface area contributed by atoms with E-state index in [-0.39, 0.29) is 22.5 Å². The molecule has 5 nitrogen and oxygen atoms in total. The number of nitrogens with one attached hydrogen (secondary N) is 1. The predicted molar refractivity (Wildman–Crippen MR) is 96.7 cm³/mol. The van der Waals surface area contributed by atoms with E-state index < -0.39 is 0 Å². The van der Waals surface area contributed by atoms with Crippen molar-refractivity contribution in [3.63, 3.8) is 0 Å². The number of hydrogen-bond acceptors (Lipinski definition) is 3. The molecule has 5 heteroatoms. The normalized spacial score (nSPS) is 12.3. The number of imidazole rings is 1. The maximum absolute atomic E-state index is 12.7. The Kier molecular flexibility index (Phi) is 4.48. The van der Waals surface area contributed by atoms with Gasteiger partial charge in [-0.1, -0.05) is 41.5 Å². The van der Waals surface area contributed by atoms with Crippen molar-refractivity contribution in [3.8, 4) is 5.75 Å². The van der Waals surface area contributed by atoms with Gasteiger partial charge in [0.2, 0.25) is 5.95 Å². The van der Waals surface area contributed by atoms with Crippen molar-refractivity contribution in [3.05, 3.63) is 41.2 Å². The summed E-state index contributed by atoms with van der Waals surface area (Å²) in [5.41, 5.74) is 1.50. The summed E-state index contributed by atoms with van der Waals surface area (Å²) >= 11 is 0. The molecular weight excluding hydrogens is 302 g/mol. The standard InChI is InChI=1S/C19H27N3O2/c1-18(2,3)13-10-12(11-14(15(13)23)19(4,5)6)16(24)21-17-20-8-9-22(17)7/h8-11,23H,1-7H3,(H,20,21,24). The van der Waals surface area contributed by atoms with E-state index in [4.69, 9.17) is 0 Å². The number of aryl methyl sites for hydroxylation is 1. The van der Waals surface area contributed by atoms with Gasteiger partial charge in [-0.3, -0.25) is 10.1 Å². The van der Waals surface area contributed by atoms with Gasteiger partial charge in [-0.2, -0.15) is 0 Å². The second-order valence-electron chi connectivity index (χ2n) is 8.24. The fraction of sp³-hybridized carbons (Fsp3) is 0.474. The molecule has 0 aliphatic carbocycles. The van der Waals surface area contributed by atoms with E-state index in [2.05, 4.69) is 10.3 Å². The van der Waals surface area contributed by atoms with Crippen LogP contribution in [0.1, 0.15) is 63.0 Å². The minimum absolute atomic E-state index is 0.236. The van der Waals surface area contributed by atoms with E-state index in [0.29, 0.717) is 11.5 Å². The largest absolute Gasteiger partial charge is 0.507 e. The molecule has 24 heavy (non-hydrogen) atoms. The number of amides is 1. The van der Waals surface area contributed by atoms with Crippen LogP contribution in [0.3, 0.4) is 0 Å². The molecule has 1 aromatic carbocycles. The molecule has 0 aliphatic heterocycles. The zero-order valence-electron chi connectivity index (χ0n) is 15.6. The van der Waals surface area contributed by atoms with E-state index in [1.165, 1.54) is 0 Å². The molecule has 1 amide bonds. The monoisotopic (exact) mass is 329 g/mol. The number of carbonyl (C=O) groups is 1. The van der Waals surface area contributed by atoms with Crippen LogP contribution in [0, 0.1) is 0 Å². The van der Waals surface area contributed by atoms with Gasteiger partial charge in [-0.25, -0.2) is 4.98 Å². The highest BCUT2D eigenvalue weighted by Gasteiger charge is 2.28. The average molecular weight is 329 g/mol. The van der Waals surface area contributed by atoms with Crippen molar-refractivity contribution in [2.45, 2.75) is 52.4 Å². The summed E-state index contributed by atoms with van der Waals surface area (Å²) in [6.07, 6.45) is 3.40. The quantitative estimate of drug-likeness (QED) is 0.876. The smallest absolute Gasteiger partial charge is 0.257 e. The second-order valence-corrected chi connectivity index (χ2v) is 8.24. The Bertz CT molecular complexity index is 727. The highest BCUT2D eigenvalue weighted by atomic mass is 16.3. The van der Waals surface area contributed by atoms with Gasteiger partial charge in [-0.05, 0) is 23.0 Å². The number of nitrogens with zero attached hydrogens (tertiary/aromatic N) is 2. The summed E-state index contributed by atoms with van der Waals surface area (Å²) in [5.74, 6) is 0.520. The number of phenols is 1. The first-order chi connectivity index (χ1) is 10.9. The molecule has 0 fully saturated rings. The topological polar surface area (TPSA) is 67.2 Å². The third-order valence-electron chi connectivity index (χ3n) is 4.03. The van der Waals surface area contributed by atoms with Crippen molar-refractivity contribution in [2.24, 2.45) is 7.05 Å². The van der Waals surface area contributed by atoms with Gasteiger partial charge in [0, 0.05) is 36.1 Å². The minimum atomic E-state index is -0.274. The maximum atomic E-state index is 12.7. The Labute approximate surface area is 143 Å². The number of benzene rings is 1. The zero-order valence-corrected chi connectivity index (χ0v) is 15.6. The van der Waals surface area contributed by atoms with Crippen molar-refractivity contribution in [1.82, 2.24) is 9.55 Å². The van der Waals surface area contributed by atoms with Gasteiger partial charge in [0.25, 0.3) is 5.91 Å². The Morgan fingerprint density at radius 3 is 1.96 bits per heavy atom. The van der Waals surface area contributed by atoms with Crippen molar-refractivity contribution in [1.29, 1.82) is 0 Å². The average Bonchev–Trinajstić information content (AvgIpc) is 2.81. The van der Waals surface area contributed by atoms with Crippen LogP contribution in [0.5, 0.6) is 5.75 Å². The number of anilines is 1. The fourth-order valence-electron chi connectivity index (χ4n) is 2.57. The lowest BCUT2D eigenvalue weighted by Gasteiger charge is -2.28. The summed E-state index contributed by atoms with van der Waals surface area (Å²) in [6.45, 7) is 12.1. The van der Waals surface area contributed by atoms with E-state index in [1.807, 2.05) is 48.6 Å². The number of carbonyl (C=O) groups excluding carboxylic acids is 1. The molecule has 2 N–H and O–H groups in total. The van der Waals surface area contributed by atoms with Crippen LogP contribution in [0.25, 0.3) is 0 Å². The van der Waals surface area contributed by atoms with Crippen LogP contribution in [0.2, 0.25) is 0 Å². The van der Waals surface area contributed by atoms with E-state index in [9.17, 15) is 9.90 Å². The van der Waals surface area contributed by atoms with Crippen LogP contribution >= 0.6 is 0 Å². The summed E-state index contributed by atoms with van der Waals surface area (Å²) in [6, 6.07) is 3.53. The highest BCUT2D eigenvalue weighted by molar-refractivity contribution is 6.04. The first kappa shape index (κ1) is 18.0. The summed E-state index contributed by atoms with van der Waals surface area (Å²) in [7, 11) is 1.82. The molecule has 2 aromatic rings. The highest BCUT2D eigenvalue weighted by Crippen LogP contribution is 2.39. The van der Waals surface area contributed by atoms with E-state index >= 15 is 0 Å². The molecule has 0 bridgehead atoms. The van der Waals surface area contributed by atoms with Crippen LogP contribution in [0.15, 0.2) is 24.5 Å². The number of aromatic nitrogens is 2. The number of rotatable bonds is 2. The number of hydrogen-bond donors (Lipinski definition) is 2. The zero-order chi connectivity index (χ0) is 18.3. The lowest BCUT2D eigenvalue weighted by molar-refractivity contribution is 0.102. The second kappa shape index (κ2) is 5.96. The molecule has 2 rings (SSSR count). The molecule has 0 atom stereocenters. The summed E-state index contributed by atoms with van der Waals surface area (Å²) in [5, 5.41) is 13.5. The third kappa shape index (κ3) is 3.61. The molecule has 0 radical (unpaired) electrons.